The smallest absolute Gasteiger partial charge is 0.124 e. The lowest BCUT2D eigenvalue weighted by molar-refractivity contribution is 0.145. The van der Waals surface area contributed by atoms with Gasteiger partial charge in [0.1, 0.15) is 12.4 Å². The van der Waals surface area contributed by atoms with Crippen molar-refractivity contribution < 1.29 is 9.47 Å². The first-order chi connectivity index (χ1) is 9.20. The average molecular weight is 265 g/mol. The van der Waals surface area contributed by atoms with E-state index in [1.807, 2.05) is 12.1 Å². The molecule has 108 valence electrons. The summed E-state index contributed by atoms with van der Waals surface area (Å²) in [5.74, 6) is 1.49. The van der Waals surface area contributed by atoms with Gasteiger partial charge in [-0.3, -0.25) is 0 Å². The second-order valence-corrected chi connectivity index (χ2v) is 5.05. The lowest BCUT2D eigenvalue weighted by Gasteiger charge is -2.25. The molecule has 0 aliphatic carbocycles. The average Bonchev–Trinajstić information content (AvgIpc) is 2.40. The second kappa shape index (κ2) is 8.94. The molecule has 0 amide bonds. The van der Waals surface area contributed by atoms with Crippen molar-refractivity contribution in [3.8, 4) is 5.75 Å². The molecule has 0 radical (unpaired) electrons. The van der Waals surface area contributed by atoms with Crippen molar-refractivity contribution in [3.05, 3.63) is 29.8 Å². The molecule has 0 saturated carbocycles. The number of ether oxygens (including phenoxy) is 2. The summed E-state index contributed by atoms with van der Waals surface area (Å²) in [4.78, 5) is 0. The van der Waals surface area contributed by atoms with Crippen LogP contribution in [-0.4, -0.2) is 26.9 Å². The molecule has 3 nitrogen and oxygen atoms in total. The van der Waals surface area contributed by atoms with Crippen molar-refractivity contribution in [1.29, 1.82) is 0 Å². The molecular weight excluding hydrogens is 238 g/mol. The van der Waals surface area contributed by atoms with Crippen LogP contribution in [0, 0.1) is 5.92 Å². The molecule has 0 aliphatic rings. The predicted molar refractivity (Wildman–Crippen MR) is 79.7 cm³/mol. The highest BCUT2D eigenvalue weighted by molar-refractivity contribution is 5.36. The van der Waals surface area contributed by atoms with Gasteiger partial charge in [-0.1, -0.05) is 39.0 Å². The van der Waals surface area contributed by atoms with Crippen LogP contribution >= 0.6 is 0 Å². The minimum Gasteiger partial charge on any atom is -0.491 e. The fourth-order valence-electron chi connectivity index (χ4n) is 2.11. The summed E-state index contributed by atoms with van der Waals surface area (Å²) in [6.07, 6.45) is 1.13. The van der Waals surface area contributed by atoms with Gasteiger partial charge >= 0.3 is 0 Å². The molecule has 1 unspecified atom stereocenters. The molecule has 0 fully saturated rings. The summed E-state index contributed by atoms with van der Waals surface area (Å²) in [7, 11) is 1.69. The molecule has 1 atom stereocenters. The number of hydrogen-bond donors (Lipinski definition) is 1. The van der Waals surface area contributed by atoms with Crippen LogP contribution in [0.3, 0.4) is 0 Å². The van der Waals surface area contributed by atoms with E-state index in [9.17, 15) is 0 Å². The zero-order chi connectivity index (χ0) is 14.1. The highest BCUT2D eigenvalue weighted by atomic mass is 16.5. The van der Waals surface area contributed by atoms with Crippen LogP contribution in [0.15, 0.2) is 24.3 Å². The van der Waals surface area contributed by atoms with Crippen LogP contribution in [0.1, 0.15) is 38.8 Å². The maximum absolute atomic E-state index is 5.82. The Bertz CT molecular complexity index is 352. The number of para-hydroxylation sites is 1. The maximum atomic E-state index is 5.82. The Morgan fingerprint density at radius 2 is 1.89 bits per heavy atom. The Morgan fingerprint density at radius 1 is 1.16 bits per heavy atom. The predicted octanol–water partition coefficient (Wildman–Crippen LogP) is 3.41. The first-order valence-electron chi connectivity index (χ1n) is 7.14. The Hall–Kier alpha value is -1.06. The summed E-state index contributed by atoms with van der Waals surface area (Å²) >= 11 is 0. The van der Waals surface area contributed by atoms with E-state index >= 15 is 0 Å². The molecule has 0 saturated heterocycles. The van der Waals surface area contributed by atoms with Gasteiger partial charge in [-0.05, 0) is 24.9 Å². The first-order valence-corrected chi connectivity index (χ1v) is 7.14. The molecular formula is C16H27NO2. The fourth-order valence-corrected chi connectivity index (χ4v) is 2.11. The summed E-state index contributed by atoms with van der Waals surface area (Å²) in [5, 5.41) is 3.60. The molecule has 0 aromatic heterocycles. The number of nitrogens with one attached hydrogen (secondary N) is 1. The summed E-state index contributed by atoms with van der Waals surface area (Å²) in [5.41, 5.74) is 1.24. The van der Waals surface area contributed by atoms with E-state index in [1.54, 1.807) is 7.11 Å². The SMILES string of the molecule is CCCNC(c1ccccc1OCCOC)C(C)C. The molecule has 1 aromatic carbocycles. The minimum atomic E-state index is 0.332. The largest absolute Gasteiger partial charge is 0.491 e. The van der Waals surface area contributed by atoms with Crippen LogP contribution < -0.4 is 10.1 Å². The molecule has 1 rings (SSSR count). The third-order valence-corrected chi connectivity index (χ3v) is 3.08. The van der Waals surface area contributed by atoms with E-state index in [0.717, 1.165) is 18.7 Å². The third-order valence-electron chi connectivity index (χ3n) is 3.08. The molecule has 0 spiro atoms. The van der Waals surface area contributed by atoms with Gasteiger partial charge in [0.05, 0.1) is 6.61 Å². The minimum absolute atomic E-state index is 0.332. The van der Waals surface area contributed by atoms with Gasteiger partial charge in [0.2, 0.25) is 0 Å². The Balaban J connectivity index is 2.82. The van der Waals surface area contributed by atoms with Gasteiger partial charge < -0.3 is 14.8 Å². The topological polar surface area (TPSA) is 30.5 Å². The molecule has 0 aliphatic heterocycles. The summed E-state index contributed by atoms with van der Waals surface area (Å²) in [6.45, 7) is 8.88. The standard InChI is InChI=1S/C16H27NO2/c1-5-10-17-16(13(2)3)14-8-6-7-9-15(14)19-12-11-18-4/h6-9,13,16-17H,5,10-12H2,1-4H3. The molecule has 19 heavy (non-hydrogen) atoms. The van der Waals surface area contributed by atoms with Crippen molar-refractivity contribution in [1.82, 2.24) is 5.32 Å². The van der Waals surface area contributed by atoms with Gasteiger partial charge in [0.15, 0.2) is 0 Å². The van der Waals surface area contributed by atoms with E-state index in [-0.39, 0.29) is 0 Å². The number of methoxy groups -OCH3 is 1. The van der Waals surface area contributed by atoms with E-state index < -0.39 is 0 Å². The molecule has 1 aromatic rings. The monoisotopic (exact) mass is 265 g/mol. The molecule has 3 heteroatoms. The number of benzene rings is 1. The Labute approximate surface area is 117 Å². The maximum Gasteiger partial charge on any atom is 0.124 e. The zero-order valence-electron chi connectivity index (χ0n) is 12.6. The van der Waals surface area contributed by atoms with Crippen LogP contribution in [0.2, 0.25) is 0 Å². The zero-order valence-corrected chi connectivity index (χ0v) is 12.6. The van der Waals surface area contributed by atoms with Crippen molar-refractivity contribution in [2.45, 2.75) is 33.2 Å². The summed E-state index contributed by atoms with van der Waals surface area (Å²) < 4.78 is 10.9. The lowest BCUT2D eigenvalue weighted by atomic mass is 9.95. The lowest BCUT2D eigenvalue weighted by Crippen LogP contribution is -2.27. The third kappa shape index (κ3) is 5.21. The first kappa shape index (κ1) is 16.0. The molecule has 0 bridgehead atoms. The number of rotatable bonds is 9. The Kier molecular flexibility index (Phi) is 7.53. The van der Waals surface area contributed by atoms with Crippen LogP contribution in [0.25, 0.3) is 0 Å². The molecule has 1 N–H and O–H groups in total. The summed E-state index contributed by atoms with van der Waals surface area (Å²) in [6, 6.07) is 8.60. The van der Waals surface area contributed by atoms with Gasteiger partial charge in [-0.2, -0.15) is 0 Å². The van der Waals surface area contributed by atoms with Crippen molar-refractivity contribution in [3.63, 3.8) is 0 Å². The van der Waals surface area contributed by atoms with Crippen LogP contribution in [-0.2, 0) is 4.74 Å². The van der Waals surface area contributed by atoms with E-state index in [0.29, 0.717) is 25.2 Å². The van der Waals surface area contributed by atoms with E-state index in [2.05, 4.69) is 38.2 Å². The highest BCUT2D eigenvalue weighted by Crippen LogP contribution is 2.29. The van der Waals surface area contributed by atoms with Crippen molar-refractivity contribution >= 4 is 0 Å². The highest BCUT2D eigenvalue weighted by Gasteiger charge is 2.18. The van der Waals surface area contributed by atoms with E-state index in [1.165, 1.54) is 5.56 Å². The number of hydrogen-bond acceptors (Lipinski definition) is 3. The van der Waals surface area contributed by atoms with Crippen molar-refractivity contribution in [2.24, 2.45) is 5.92 Å². The second-order valence-electron chi connectivity index (χ2n) is 5.05. The van der Waals surface area contributed by atoms with Gasteiger partial charge in [-0.15, -0.1) is 0 Å². The van der Waals surface area contributed by atoms with E-state index in [4.69, 9.17) is 9.47 Å². The van der Waals surface area contributed by atoms with Crippen LogP contribution in [0.4, 0.5) is 0 Å². The van der Waals surface area contributed by atoms with Gasteiger partial charge in [0.25, 0.3) is 0 Å². The fraction of sp³-hybridized carbons (Fsp3) is 0.625. The van der Waals surface area contributed by atoms with Gasteiger partial charge in [0, 0.05) is 18.7 Å². The van der Waals surface area contributed by atoms with Crippen molar-refractivity contribution in [2.75, 3.05) is 26.9 Å². The molecule has 0 heterocycles. The van der Waals surface area contributed by atoms with Gasteiger partial charge in [-0.25, -0.2) is 0 Å². The Morgan fingerprint density at radius 3 is 2.53 bits per heavy atom. The normalized spacial score (nSPS) is 12.7. The van der Waals surface area contributed by atoms with Crippen LogP contribution in [0.5, 0.6) is 5.75 Å². The quantitative estimate of drug-likeness (QED) is 0.694.